The van der Waals surface area contributed by atoms with Crippen molar-refractivity contribution in [3.63, 3.8) is 0 Å². The molecule has 4 heterocycles. The van der Waals surface area contributed by atoms with Crippen LogP contribution >= 0.6 is 0 Å². The molecule has 8 nitrogen and oxygen atoms in total. The highest BCUT2D eigenvalue weighted by Crippen LogP contribution is 2.33. The second kappa shape index (κ2) is 8.38. The standard InChI is InChI=1S/C21H21F3N4O4/c1-11-5-13(6-26-19(11)32-10-21(22,23)24)12(2)28-7-16-15(20(28)30)3-4-25-17(16)18(29)27-14-8-31-9-14/h3-6,12,14H,7-10H2,1-2H3,(H,27,29). The topological polar surface area (TPSA) is 93.7 Å². The zero-order chi connectivity index (χ0) is 23.0. The van der Waals surface area contributed by atoms with Crippen LogP contribution in [-0.2, 0) is 11.3 Å². The molecule has 2 aliphatic heterocycles. The summed E-state index contributed by atoms with van der Waals surface area (Å²) in [5.41, 5.74) is 2.19. The molecule has 170 valence electrons. The van der Waals surface area contributed by atoms with Gasteiger partial charge in [0, 0.05) is 35.6 Å². The summed E-state index contributed by atoms with van der Waals surface area (Å²) in [5.74, 6) is -0.732. The highest BCUT2D eigenvalue weighted by molar-refractivity contribution is 6.03. The number of aryl methyl sites for hydroxylation is 1. The number of amides is 2. The van der Waals surface area contributed by atoms with Gasteiger partial charge in [-0.1, -0.05) is 0 Å². The number of fused-ring (bicyclic) bond motifs is 1. The van der Waals surface area contributed by atoms with E-state index in [0.29, 0.717) is 35.5 Å². The molecular formula is C21H21F3N4O4. The Hall–Kier alpha value is -3.21. The van der Waals surface area contributed by atoms with Crippen molar-refractivity contribution in [3.05, 3.63) is 52.5 Å². The highest BCUT2D eigenvalue weighted by Gasteiger charge is 2.36. The number of hydrogen-bond donors (Lipinski definition) is 1. The number of ether oxygens (including phenoxy) is 2. The lowest BCUT2D eigenvalue weighted by molar-refractivity contribution is -0.154. The van der Waals surface area contributed by atoms with E-state index in [-0.39, 0.29) is 36.0 Å². The summed E-state index contributed by atoms with van der Waals surface area (Å²) >= 11 is 0. The molecule has 1 fully saturated rings. The maximum absolute atomic E-state index is 13.0. The summed E-state index contributed by atoms with van der Waals surface area (Å²) < 4.78 is 47.0. The van der Waals surface area contributed by atoms with Gasteiger partial charge in [-0.2, -0.15) is 13.2 Å². The minimum Gasteiger partial charge on any atom is -0.468 e. The molecule has 1 saturated heterocycles. The average molecular weight is 450 g/mol. The lowest BCUT2D eigenvalue weighted by Gasteiger charge is -2.27. The van der Waals surface area contributed by atoms with Gasteiger partial charge in [-0.3, -0.25) is 14.6 Å². The van der Waals surface area contributed by atoms with Crippen molar-refractivity contribution in [2.24, 2.45) is 0 Å². The summed E-state index contributed by atoms with van der Waals surface area (Å²) in [4.78, 5) is 35.4. The molecule has 2 aromatic rings. The Morgan fingerprint density at radius 1 is 1.38 bits per heavy atom. The Kier molecular flexibility index (Phi) is 5.76. The largest absolute Gasteiger partial charge is 0.468 e. The molecular weight excluding hydrogens is 429 g/mol. The summed E-state index contributed by atoms with van der Waals surface area (Å²) in [6.07, 6.45) is -1.64. The summed E-state index contributed by atoms with van der Waals surface area (Å²) in [5, 5.41) is 2.83. The van der Waals surface area contributed by atoms with Crippen LogP contribution in [0.3, 0.4) is 0 Å². The van der Waals surface area contributed by atoms with Gasteiger partial charge in [0.05, 0.1) is 25.3 Å². The van der Waals surface area contributed by atoms with Crippen molar-refractivity contribution in [1.29, 1.82) is 0 Å². The number of pyridine rings is 2. The SMILES string of the molecule is Cc1cc(C(C)N2Cc3c(ccnc3C(=O)NC3COC3)C2=O)cnc1OCC(F)(F)F. The minimum absolute atomic E-state index is 0.0700. The fourth-order valence-corrected chi connectivity index (χ4v) is 3.62. The van der Waals surface area contributed by atoms with Crippen LogP contribution in [0.25, 0.3) is 0 Å². The van der Waals surface area contributed by atoms with Gasteiger partial charge in [-0.15, -0.1) is 0 Å². The number of nitrogens with one attached hydrogen (secondary N) is 1. The van der Waals surface area contributed by atoms with E-state index in [1.165, 1.54) is 12.4 Å². The van der Waals surface area contributed by atoms with Gasteiger partial charge < -0.3 is 19.7 Å². The molecule has 1 unspecified atom stereocenters. The highest BCUT2D eigenvalue weighted by atomic mass is 19.4. The van der Waals surface area contributed by atoms with Crippen LogP contribution in [0, 0.1) is 6.92 Å². The second-order valence-corrected chi connectivity index (χ2v) is 7.80. The number of rotatable bonds is 6. The van der Waals surface area contributed by atoms with E-state index < -0.39 is 18.8 Å². The number of alkyl halides is 3. The molecule has 0 saturated carbocycles. The van der Waals surface area contributed by atoms with Crippen LogP contribution in [0.2, 0.25) is 0 Å². The molecule has 2 aromatic heterocycles. The van der Waals surface area contributed by atoms with E-state index >= 15 is 0 Å². The molecule has 2 aliphatic rings. The van der Waals surface area contributed by atoms with Gasteiger partial charge >= 0.3 is 6.18 Å². The van der Waals surface area contributed by atoms with Gasteiger partial charge in [0.1, 0.15) is 5.69 Å². The zero-order valence-corrected chi connectivity index (χ0v) is 17.4. The van der Waals surface area contributed by atoms with Crippen LogP contribution in [0.1, 0.15) is 50.5 Å². The Bertz CT molecular complexity index is 1060. The summed E-state index contributed by atoms with van der Waals surface area (Å²) in [6.45, 7) is 3.01. The van der Waals surface area contributed by atoms with E-state index in [1.54, 1.807) is 30.9 Å². The maximum atomic E-state index is 13.0. The van der Waals surface area contributed by atoms with E-state index in [4.69, 9.17) is 9.47 Å². The number of aromatic nitrogens is 2. The summed E-state index contributed by atoms with van der Waals surface area (Å²) in [6, 6.07) is 2.71. The third-order valence-electron chi connectivity index (χ3n) is 5.44. The molecule has 0 radical (unpaired) electrons. The molecule has 0 aliphatic carbocycles. The zero-order valence-electron chi connectivity index (χ0n) is 17.4. The van der Waals surface area contributed by atoms with Gasteiger partial charge in [0.25, 0.3) is 11.8 Å². The predicted molar refractivity (Wildman–Crippen MR) is 105 cm³/mol. The molecule has 1 atom stereocenters. The number of carbonyl (C=O) groups excluding carboxylic acids is 2. The Labute approximate surface area is 181 Å². The van der Waals surface area contributed by atoms with Crippen molar-refractivity contribution in [3.8, 4) is 5.88 Å². The monoisotopic (exact) mass is 450 g/mol. The van der Waals surface area contributed by atoms with Crippen molar-refractivity contribution >= 4 is 11.8 Å². The number of hydrogen-bond acceptors (Lipinski definition) is 6. The first-order chi connectivity index (χ1) is 15.1. The minimum atomic E-state index is -4.46. The van der Waals surface area contributed by atoms with Crippen LogP contribution in [0.5, 0.6) is 5.88 Å². The predicted octanol–water partition coefficient (Wildman–Crippen LogP) is 2.57. The molecule has 11 heteroatoms. The number of halogens is 3. The van der Waals surface area contributed by atoms with E-state index in [0.717, 1.165) is 0 Å². The van der Waals surface area contributed by atoms with E-state index in [9.17, 15) is 22.8 Å². The molecule has 2 amide bonds. The Morgan fingerprint density at radius 2 is 2.12 bits per heavy atom. The molecule has 4 rings (SSSR count). The first-order valence-corrected chi connectivity index (χ1v) is 9.97. The normalized spacial score (nSPS) is 17.0. The van der Waals surface area contributed by atoms with Gasteiger partial charge in [0.2, 0.25) is 5.88 Å². The van der Waals surface area contributed by atoms with Crippen LogP contribution in [0.15, 0.2) is 24.5 Å². The van der Waals surface area contributed by atoms with E-state index in [1.807, 2.05) is 0 Å². The maximum Gasteiger partial charge on any atom is 0.422 e. The molecule has 0 aromatic carbocycles. The summed E-state index contributed by atoms with van der Waals surface area (Å²) in [7, 11) is 0. The van der Waals surface area contributed by atoms with E-state index in [2.05, 4.69) is 15.3 Å². The Morgan fingerprint density at radius 3 is 2.75 bits per heavy atom. The van der Waals surface area contributed by atoms with Crippen LogP contribution in [0.4, 0.5) is 13.2 Å². The van der Waals surface area contributed by atoms with Gasteiger partial charge in [-0.25, -0.2) is 4.98 Å². The first-order valence-electron chi connectivity index (χ1n) is 9.97. The van der Waals surface area contributed by atoms with Crippen molar-refractivity contribution in [2.45, 2.75) is 38.7 Å². The molecule has 0 bridgehead atoms. The molecule has 0 spiro atoms. The van der Waals surface area contributed by atoms with Gasteiger partial charge in [-0.05, 0) is 31.5 Å². The van der Waals surface area contributed by atoms with Crippen LogP contribution < -0.4 is 10.1 Å². The quantitative estimate of drug-likeness (QED) is 0.727. The fraction of sp³-hybridized carbons (Fsp3) is 0.429. The van der Waals surface area contributed by atoms with Crippen molar-refractivity contribution in [2.75, 3.05) is 19.8 Å². The second-order valence-electron chi connectivity index (χ2n) is 7.80. The fourth-order valence-electron chi connectivity index (χ4n) is 3.62. The molecule has 1 N–H and O–H groups in total. The lowest BCUT2D eigenvalue weighted by Crippen LogP contribution is -2.48. The lowest BCUT2D eigenvalue weighted by atomic mass is 10.1. The third-order valence-corrected chi connectivity index (χ3v) is 5.44. The third kappa shape index (κ3) is 4.38. The van der Waals surface area contributed by atoms with Crippen molar-refractivity contribution < 1.29 is 32.2 Å². The first kappa shape index (κ1) is 22.0. The van der Waals surface area contributed by atoms with Crippen LogP contribution in [-0.4, -0.2) is 58.7 Å². The molecule has 32 heavy (non-hydrogen) atoms. The smallest absolute Gasteiger partial charge is 0.422 e. The van der Waals surface area contributed by atoms with Crippen molar-refractivity contribution in [1.82, 2.24) is 20.2 Å². The van der Waals surface area contributed by atoms with Gasteiger partial charge in [0.15, 0.2) is 6.61 Å². The number of carbonyl (C=O) groups is 2. The number of nitrogens with zero attached hydrogens (tertiary/aromatic N) is 3. The average Bonchev–Trinajstić information content (AvgIpc) is 3.05. The Balaban J connectivity index is 1.51.